The van der Waals surface area contributed by atoms with Gasteiger partial charge in [-0.1, -0.05) is 17.7 Å². The summed E-state index contributed by atoms with van der Waals surface area (Å²) in [5.41, 5.74) is 4.13. The SMILES string of the molecule is O=C(O)c1ccc2nc(CN3CC=C(c4cncc(COc5ccc(Cl)cc5F)n4)C3)n(CC3CCO3)c2c1. The number of rotatable bonds is 9. The molecule has 2 aliphatic rings. The zero-order valence-corrected chi connectivity index (χ0v) is 21.6. The van der Waals surface area contributed by atoms with Gasteiger partial charge in [0, 0.05) is 24.7 Å². The van der Waals surface area contributed by atoms with Crippen LogP contribution in [0.2, 0.25) is 5.02 Å². The normalized spacial score (nSPS) is 17.3. The minimum atomic E-state index is -0.966. The third-order valence-electron chi connectivity index (χ3n) is 6.89. The standard InChI is InChI=1S/C28H25ClFN5O4/c29-19-2-4-26(22(30)10-19)39-16-20-11-31-12-24(32-20)18-5-7-34(13-18)15-27-33-23-3-1-17(28(36)37)9-25(23)35(27)14-21-6-8-38-21/h1-5,9-12,21H,6-8,13-16H2,(H,36,37). The Balaban J connectivity index is 1.16. The van der Waals surface area contributed by atoms with Crippen LogP contribution in [0.25, 0.3) is 16.6 Å². The molecule has 9 nitrogen and oxygen atoms in total. The van der Waals surface area contributed by atoms with Crippen LogP contribution in [0, 0.1) is 5.82 Å². The van der Waals surface area contributed by atoms with Gasteiger partial charge in [0.25, 0.3) is 0 Å². The molecule has 1 saturated heterocycles. The molecule has 39 heavy (non-hydrogen) atoms. The largest absolute Gasteiger partial charge is 0.484 e. The zero-order valence-electron chi connectivity index (χ0n) is 20.9. The van der Waals surface area contributed by atoms with E-state index in [0.29, 0.717) is 36.9 Å². The number of hydrogen-bond donors (Lipinski definition) is 1. The predicted molar refractivity (Wildman–Crippen MR) is 142 cm³/mol. The molecule has 0 saturated carbocycles. The second-order valence-corrected chi connectivity index (χ2v) is 10.0. The van der Waals surface area contributed by atoms with E-state index in [9.17, 15) is 14.3 Å². The number of aromatic nitrogens is 4. The van der Waals surface area contributed by atoms with E-state index in [1.165, 1.54) is 12.1 Å². The third kappa shape index (κ3) is 5.49. The average Bonchev–Trinajstić information content (AvgIpc) is 3.50. The minimum absolute atomic E-state index is 0.0714. The second-order valence-electron chi connectivity index (χ2n) is 9.59. The summed E-state index contributed by atoms with van der Waals surface area (Å²) in [5, 5.41) is 9.77. The molecule has 0 amide bonds. The molecule has 2 aliphatic heterocycles. The fourth-order valence-electron chi connectivity index (χ4n) is 4.75. The van der Waals surface area contributed by atoms with Crippen molar-refractivity contribution in [3.05, 3.63) is 88.5 Å². The number of carboxylic acids is 1. The van der Waals surface area contributed by atoms with Gasteiger partial charge in [-0.3, -0.25) is 9.88 Å². The zero-order chi connectivity index (χ0) is 26.9. The molecule has 2 aromatic carbocycles. The van der Waals surface area contributed by atoms with Crippen molar-refractivity contribution < 1.29 is 23.8 Å². The van der Waals surface area contributed by atoms with E-state index < -0.39 is 11.8 Å². The first kappa shape index (κ1) is 25.4. The Morgan fingerprint density at radius 1 is 1.21 bits per heavy atom. The van der Waals surface area contributed by atoms with Crippen LogP contribution >= 0.6 is 11.6 Å². The molecule has 1 unspecified atom stereocenters. The smallest absolute Gasteiger partial charge is 0.335 e. The highest BCUT2D eigenvalue weighted by atomic mass is 35.5. The van der Waals surface area contributed by atoms with Gasteiger partial charge in [0.15, 0.2) is 11.6 Å². The molecule has 6 rings (SSSR count). The fourth-order valence-corrected chi connectivity index (χ4v) is 4.91. The summed E-state index contributed by atoms with van der Waals surface area (Å²) >= 11 is 5.81. The van der Waals surface area contributed by atoms with Crippen molar-refractivity contribution in [1.29, 1.82) is 0 Å². The lowest BCUT2D eigenvalue weighted by molar-refractivity contribution is -0.0591. The predicted octanol–water partition coefficient (Wildman–Crippen LogP) is 4.58. The van der Waals surface area contributed by atoms with Gasteiger partial charge in [0.2, 0.25) is 0 Å². The number of nitrogens with zero attached hydrogens (tertiary/aromatic N) is 5. The molecule has 1 fully saturated rings. The van der Waals surface area contributed by atoms with Gasteiger partial charge in [0.05, 0.1) is 59.6 Å². The second kappa shape index (κ2) is 10.7. The van der Waals surface area contributed by atoms with E-state index in [1.807, 2.05) is 0 Å². The third-order valence-corrected chi connectivity index (χ3v) is 7.13. The Hall–Kier alpha value is -3.86. The van der Waals surface area contributed by atoms with Crippen LogP contribution in [-0.4, -0.2) is 61.3 Å². The molecule has 200 valence electrons. The van der Waals surface area contributed by atoms with Crippen molar-refractivity contribution in [2.24, 2.45) is 0 Å². The molecule has 0 spiro atoms. The number of hydrogen-bond acceptors (Lipinski definition) is 7. The number of benzene rings is 2. The van der Waals surface area contributed by atoms with E-state index >= 15 is 0 Å². The van der Waals surface area contributed by atoms with Crippen LogP contribution in [0.1, 0.15) is 34.0 Å². The van der Waals surface area contributed by atoms with Gasteiger partial charge < -0.3 is 19.1 Å². The molecule has 11 heteroatoms. The molecule has 0 bridgehead atoms. The Kier molecular flexibility index (Phi) is 6.99. The Morgan fingerprint density at radius 3 is 2.85 bits per heavy atom. The van der Waals surface area contributed by atoms with Gasteiger partial charge in [-0.25, -0.2) is 19.2 Å². The maximum atomic E-state index is 14.0. The number of halogens is 2. The summed E-state index contributed by atoms with van der Waals surface area (Å²) < 4.78 is 27.4. The summed E-state index contributed by atoms with van der Waals surface area (Å²) in [6.07, 6.45) is 6.48. The van der Waals surface area contributed by atoms with E-state index in [2.05, 4.69) is 25.5 Å². The Labute approximate surface area is 228 Å². The van der Waals surface area contributed by atoms with Gasteiger partial charge in [-0.15, -0.1) is 0 Å². The molecule has 0 radical (unpaired) electrons. The summed E-state index contributed by atoms with van der Waals surface area (Å²) in [6.45, 7) is 3.38. The topological polar surface area (TPSA) is 103 Å². The highest BCUT2D eigenvalue weighted by Gasteiger charge is 2.25. The highest BCUT2D eigenvalue weighted by Crippen LogP contribution is 2.26. The van der Waals surface area contributed by atoms with Gasteiger partial charge in [-0.2, -0.15) is 0 Å². The lowest BCUT2D eigenvalue weighted by Crippen LogP contribution is -2.32. The summed E-state index contributed by atoms with van der Waals surface area (Å²) in [5.74, 6) is -0.541. The summed E-state index contributed by atoms with van der Waals surface area (Å²) in [7, 11) is 0. The molecule has 2 aromatic heterocycles. The first-order valence-corrected chi connectivity index (χ1v) is 13.0. The van der Waals surface area contributed by atoms with Crippen LogP contribution < -0.4 is 4.74 Å². The van der Waals surface area contributed by atoms with Crippen molar-refractivity contribution in [2.75, 3.05) is 19.7 Å². The first-order chi connectivity index (χ1) is 18.9. The molecular weight excluding hydrogens is 525 g/mol. The summed E-state index contributed by atoms with van der Waals surface area (Å²) in [4.78, 5) is 27.6. The monoisotopic (exact) mass is 549 g/mol. The number of ether oxygens (including phenoxy) is 2. The number of imidazole rings is 1. The average molecular weight is 550 g/mol. The van der Waals surface area contributed by atoms with Gasteiger partial charge >= 0.3 is 5.97 Å². The highest BCUT2D eigenvalue weighted by molar-refractivity contribution is 6.30. The fraction of sp³-hybridized carbons (Fsp3) is 0.286. The Bertz CT molecular complexity index is 1590. The van der Waals surface area contributed by atoms with Gasteiger partial charge in [0.1, 0.15) is 12.4 Å². The molecule has 1 N–H and O–H groups in total. The van der Waals surface area contributed by atoms with E-state index in [-0.39, 0.29) is 24.0 Å². The van der Waals surface area contributed by atoms with Crippen LogP contribution in [0.4, 0.5) is 4.39 Å². The number of carbonyl (C=O) groups is 1. The Morgan fingerprint density at radius 2 is 2.08 bits per heavy atom. The number of aromatic carboxylic acids is 1. The van der Waals surface area contributed by atoms with E-state index in [0.717, 1.165) is 41.2 Å². The lowest BCUT2D eigenvalue weighted by atomic mass is 10.1. The van der Waals surface area contributed by atoms with E-state index in [1.54, 1.807) is 36.7 Å². The van der Waals surface area contributed by atoms with E-state index in [4.69, 9.17) is 26.1 Å². The molecule has 0 aliphatic carbocycles. The maximum absolute atomic E-state index is 14.0. The van der Waals surface area contributed by atoms with Crippen LogP contribution in [0.15, 0.2) is 54.9 Å². The quantitative estimate of drug-likeness (QED) is 0.323. The first-order valence-electron chi connectivity index (χ1n) is 12.6. The number of fused-ring (bicyclic) bond motifs is 1. The van der Waals surface area contributed by atoms with Crippen molar-refractivity contribution >= 4 is 34.2 Å². The minimum Gasteiger partial charge on any atom is -0.484 e. The van der Waals surface area contributed by atoms with Crippen molar-refractivity contribution in [3.63, 3.8) is 0 Å². The van der Waals surface area contributed by atoms with Crippen molar-refractivity contribution in [1.82, 2.24) is 24.4 Å². The van der Waals surface area contributed by atoms with Gasteiger partial charge in [-0.05, 0) is 48.4 Å². The summed E-state index contributed by atoms with van der Waals surface area (Å²) in [6, 6.07) is 9.28. The van der Waals surface area contributed by atoms with Crippen molar-refractivity contribution in [3.8, 4) is 5.75 Å². The maximum Gasteiger partial charge on any atom is 0.335 e. The van der Waals surface area contributed by atoms with Crippen LogP contribution in [0.5, 0.6) is 5.75 Å². The molecule has 4 heterocycles. The number of carboxylic acid groups (broad SMARTS) is 1. The molecule has 4 aromatic rings. The molecular formula is C28H25ClFN5O4. The van der Waals surface area contributed by atoms with Crippen LogP contribution in [0.3, 0.4) is 0 Å². The molecule has 1 atom stereocenters. The van der Waals surface area contributed by atoms with Crippen LogP contribution in [-0.2, 0) is 24.4 Å². The van der Waals surface area contributed by atoms with Crippen molar-refractivity contribution in [2.45, 2.75) is 32.2 Å². The lowest BCUT2D eigenvalue weighted by Gasteiger charge is -2.28.